The van der Waals surface area contributed by atoms with E-state index < -0.39 is 0 Å². The quantitative estimate of drug-likeness (QED) is 0.570. The fraction of sp³-hybridized carbons (Fsp3) is 0.429. The molecule has 0 aliphatic rings. The number of nitrogens with zero attached hydrogens (tertiary/aromatic N) is 2. The van der Waals surface area contributed by atoms with E-state index >= 15 is 0 Å². The molecule has 0 aliphatic heterocycles. The van der Waals surface area contributed by atoms with Gasteiger partial charge in [0.15, 0.2) is 0 Å². The maximum absolute atomic E-state index is 10.3. The van der Waals surface area contributed by atoms with Crippen molar-refractivity contribution in [3.8, 4) is 0 Å². The van der Waals surface area contributed by atoms with Crippen LogP contribution in [0, 0.1) is 0 Å². The van der Waals surface area contributed by atoms with Gasteiger partial charge in [-0.05, 0) is 35.1 Å². The van der Waals surface area contributed by atoms with Crippen molar-refractivity contribution in [3.63, 3.8) is 0 Å². The van der Waals surface area contributed by atoms with Crippen LogP contribution in [0.25, 0.3) is 0 Å². The second-order valence-electron chi connectivity index (χ2n) is 3.86. The molecule has 1 aromatic carbocycles. The maximum atomic E-state index is 10.3. The van der Waals surface area contributed by atoms with E-state index in [9.17, 15) is 9.59 Å². The van der Waals surface area contributed by atoms with E-state index in [1.54, 1.807) is 6.08 Å². The van der Waals surface area contributed by atoms with Gasteiger partial charge in [0.25, 0.3) is 0 Å². The molecule has 0 atom stereocenters. The van der Waals surface area contributed by atoms with Crippen LogP contribution in [0.5, 0.6) is 0 Å². The predicted octanol–water partition coefficient (Wildman–Crippen LogP) is 2.48. The van der Waals surface area contributed by atoms with Crippen molar-refractivity contribution in [2.45, 2.75) is 39.8 Å². The first-order valence-electron chi connectivity index (χ1n) is 5.98. The third kappa shape index (κ3) is 3.24. The zero-order chi connectivity index (χ0) is 13.4. The number of rotatable bonds is 6. The van der Waals surface area contributed by atoms with Gasteiger partial charge in [-0.3, -0.25) is 0 Å². The van der Waals surface area contributed by atoms with E-state index in [1.165, 1.54) is 17.2 Å². The molecule has 0 spiro atoms. The number of hydrogen-bond acceptors (Lipinski definition) is 4. The molecule has 0 aromatic heterocycles. The third-order valence-corrected chi connectivity index (χ3v) is 2.98. The molecule has 0 N–H and O–H groups in total. The van der Waals surface area contributed by atoms with Gasteiger partial charge in [0.1, 0.15) is 0 Å². The Morgan fingerprint density at radius 2 is 1.50 bits per heavy atom. The van der Waals surface area contributed by atoms with Crippen molar-refractivity contribution < 1.29 is 9.59 Å². The van der Waals surface area contributed by atoms with Crippen molar-refractivity contribution in [1.82, 2.24) is 0 Å². The molecule has 1 rings (SSSR count). The minimum atomic E-state index is 0.282. The van der Waals surface area contributed by atoms with Gasteiger partial charge >= 0.3 is 0 Å². The molecular formula is C14H16N2O2. The highest BCUT2D eigenvalue weighted by Crippen LogP contribution is 2.22. The van der Waals surface area contributed by atoms with Gasteiger partial charge in [-0.2, -0.15) is 0 Å². The van der Waals surface area contributed by atoms with Gasteiger partial charge in [0.2, 0.25) is 12.2 Å². The molecule has 0 fully saturated rings. The summed E-state index contributed by atoms with van der Waals surface area (Å²) in [6.45, 7) is 4.73. The minimum absolute atomic E-state index is 0.282. The van der Waals surface area contributed by atoms with Crippen molar-refractivity contribution in [2.24, 2.45) is 9.98 Å². The Hall–Kier alpha value is -2.02. The summed E-state index contributed by atoms with van der Waals surface area (Å²) in [5.74, 6) is 0. The van der Waals surface area contributed by atoms with E-state index in [0.29, 0.717) is 6.54 Å². The minimum Gasteiger partial charge on any atom is -0.211 e. The third-order valence-electron chi connectivity index (χ3n) is 2.98. The number of isocyanates is 2. The number of hydrogen-bond donors (Lipinski definition) is 0. The van der Waals surface area contributed by atoms with Gasteiger partial charge in [0.05, 0.1) is 13.1 Å². The molecule has 0 amide bonds. The molecule has 0 saturated carbocycles. The molecule has 18 heavy (non-hydrogen) atoms. The van der Waals surface area contributed by atoms with E-state index in [-0.39, 0.29) is 6.54 Å². The van der Waals surface area contributed by atoms with Crippen LogP contribution in [-0.2, 0) is 35.5 Å². The molecule has 4 nitrogen and oxygen atoms in total. The normalized spacial score (nSPS) is 9.44. The Balaban J connectivity index is 3.32. The molecule has 0 bridgehead atoms. The molecule has 0 heterocycles. The lowest BCUT2D eigenvalue weighted by atomic mass is 9.93. The van der Waals surface area contributed by atoms with Crippen LogP contribution >= 0.6 is 0 Å². The van der Waals surface area contributed by atoms with Crippen LogP contribution < -0.4 is 0 Å². The fourth-order valence-electron chi connectivity index (χ4n) is 2.14. The van der Waals surface area contributed by atoms with E-state index in [1.807, 2.05) is 12.1 Å². The maximum Gasteiger partial charge on any atom is 0.235 e. The van der Waals surface area contributed by atoms with Crippen LogP contribution in [0.4, 0.5) is 0 Å². The van der Waals surface area contributed by atoms with Gasteiger partial charge < -0.3 is 0 Å². The lowest BCUT2D eigenvalue weighted by molar-refractivity contribution is 0.561. The summed E-state index contributed by atoms with van der Waals surface area (Å²) in [5.41, 5.74) is 4.34. The Labute approximate surface area is 106 Å². The van der Waals surface area contributed by atoms with Crippen molar-refractivity contribution in [3.05, 3.63) is 34.4 Å². The summed E-state index contributed by atoms with van der Waals surface area (Å²) in [7, 11) is 0. The summed E-state index contributed by atoms with van der Waals surface area (Å²) in [6.07, 6.45) is 4.88. The average molecular weight is 244 g/mol. The van der Waals surface area contributed by atoms with E-state index in [0.717, 1.165) is 24.0 Å². The summed E-state index contributed by atoms with van der Waals surface area (Å²) in [6, 6.07) is 3.98. The standard InChI is InChI=1S/C14H16N2O2/c1-3-11-5-6-12(7-15-9-17)14(8-16-10-18)13(11)4-2/h5-6H,3-4,7-8H2,1-2H3. The van der Waals surface area contributed by atoms with Crippen LogP contribution in [0.2, 0.25) is 0 Å². The van der Waals surface area contributed by atoms with Gasteiger partial charge in [0, 0.05) is 0 Å². The first kappa shape index (κ1) is 14.0. The molecule has 94 valence electrons. The monoisotopic (exact) mass is 244 g/mol. The van der Waals surface area contributed by atoms with Crippen LogP contribution in [0.3, 0.4) is 0 Å². The summed E-state index contributed by atoms with van der Waals surface area (Å²) in [5, 5.41) is 0. The first-order chi connectivity index (χ1) is 8.78. The highest BCUT2D eigenvalue weighted by molar-refractivity contribution is 5.44. The first-order valence-corrected chi connectivity index (χ1v) is 5.98. The van der Waals surface area contributed by atoms with Crippen LogP contribution in [-0.4, -0.2) is 12.2 Å². The molecule has 1 aromatic rings. The van der Waals surface area contributed by atoms with Gasteiger partial charge in [-0.1, -0.05) is 26.0 Å². The molecule has 0 saturated heterocycles. The highest BCUT2D eigenvalue weighted by atomic mass is 16.1. The average Bonchev–Trinajstić information content (AvgIpc) is 2.42. The van der Waals surface area contributed by atoms with Crippen molar-refractivity contribution in [1.29, 1.82) is 0 Å². The summed E-state index contributed by atoms with van der Waals surface area (Å²) in [4.78, 5) is 27.7. The Morgan fingerprint density at radius 1 is 0.889 bits per heavy atom. The number of benzene rings is 1. The zero-order valence-corrected chi connectivity index (χ0v) is 10.7. The van der Waals surface area contributed by atoms with Crippen LogP contribution in [0.1, 0.15) is 36.1 Å². The van der Waals surface area contributed by atoms with E-state index in [2.05, 4.69) is 23.8 Å². The molecule has 0 aliphatic carbocycles. The lowest BCUT2D eigenvalue weighted by Gasteiger charge is -2.14. The fourth-order valence-corrected chi connectivity index (χ4v) is 2.14. The van der Waals surface area contributed by atoms with Crippen molar-refractivity contribution >= 4 is 12.2 Å². The SMILES string of the molecule is CCc1ccc(CN=C=O)c(CN=C=O)c1CC. The van der Waals surface area contributed by atoms with Crippen LogP contribution in [0.15, 0.2) is 22.1 Å². The molecule has 0 radical (unpaired) electrons. The number of aliphatic imine (C=N–C) groups is 2. The number of aryl methyl sites for hydroxylation is 1. The van der Waals surface area contributed by atoms with E-state index in [4.69, 9.17) is 0 Å². The Morgan fingerprint density at radius 3 is 2.06 bits per heavy atom. The topological polar surface area (TPSA) is 58.9 Å². The molecular weight excluding hydrogens is 228 g/mol. The molecule has 0 unspecified atom stereocenters. The molecule has 4 heteroatoms. The van der Waals surface area contributed by atoms with Gasteiger partial charge in [-0.25, -0.2) is 19.6 Å². The van der Waals surface area contributed by atoms with Crippen molar-refractivity contribution in [2.75, 3.05) is 0 Å². The smallest absolute Gasteiger partial charge is 0.211 e. The zero-order valence-electron chi connectivity index (χ0n) is 10.7. The second-order valence-corrected chi connectivity index (χ2v) is 3.86. The number of carbonyl (C=O) groups excluding carboxylic acids is 2. The predicted molar refractivity (Wildman–Crippen MR) is 68.8 cm³/mol. The highest BCUT2D eigenvalue weighted by Gasteiger charge is 2.10. The largest absolute Gasteiger partial charge is 0.235 e. The van der Waals surface area contributed by atoms with Gasteiger partial charge in [-0.15, -0.1) is 0 Å². The summed E-state index contributed by atoms with van der Waals surface area (Å²) < 4.78 is 0. The Bertz CT molecular complexity index is 511. The summed E-state index contributed by atoms with van der Waals surface area (Å²) >= 11 is 0. The Kier molecular flexibility index (Phi) is 5.72. The second kappa shape index (κ2) is 7.33. The lowest BCUT2D eigenvalue weighted by Crippen LogP contribution is -2.03.